The van der Waals surface area contributed by atoms with E-state index in [4.69, 9.17) is 4.74 Å². The molecule has 0 radical (unpaired) electrons. The molecule has 17 heavy (non-hydrogen) atoms. The molecule has 2 rings (SSSR count). The van der Waals surface area contributed by atoms with Crippen LogP contribution >= 0.6 is 0 Å². The van der Waals surface area contributed by atoms with Crippen molar-refractivity contribution in [2.45, 2.75) is 64.0 Å². The summed E-state index contributed by atoms with van der Waals surface area (Å²) in [5.74, 6) is -0.257. The quantitative estimate of drug-likeness (QED) is 0.710. The number of carbonyl (C=O) groups is 2. The Kier molecular flexibility index (Phi) is 2.92. The van der Waals surface area contributed by atoms with E-state index in [-0.39, 0.29) is 23.3 Å². The van der Waals surface area contributed by atoms with Gasteiger partial charge in [0.2, 0.25) is 0 Å². The van der Waals surface area contributed by atoms with Crippen LogP contribution in [-0.2, 0) is 14.3 Å². The third-order valence-corrected chi connectivity index (χ3v) is 3.59. The first-order chi connectivity index (χ1) is 7.83. The first kappa shape index (κ1) is 12.4. The minimum atomic E-state index is -0.872. The summed E-state index contributed by atoms with van der Waals surface area (Å²) >= 11 is 0. The highest BCUT2D eigenvalue weighted by Crippen LogP contribution is 2.44. The summed E-state index contributed by atoms with van der Waals surface area (Å²) in [6, 6.07) is 0. The molecule has 0 spiro atoms. The van der Waals surface area contributed by atoms with Gasteiger partial charge in [-0.2, -0.15) is 0 Å². The zero-order chi connectivity index (χ0) is 12.7. The maximum Gasteiger partial charge on any atom is 0.307 e. The van der Waals surface area contributed by atoms with Crippen molar-refractivity contribution in [3.8, 4) is 0 Å². The van der Waals surface area contributed by atoms with Crippen LogP contribution in [0.5, 0.6) is 0 Å². The fourth-order valence-electron chi connectivity index (χ4n) is 2.85. The van der Waals surface area contributed by atoms with Crippen LogP contribution in [0, 0.1) is 5.92 Å². The number of fused-ring (bicyclic) bond motifs is 1. The predicted molar refractivity (Wildman–Crippen MR) is 63.3 cm³/mol. The summed E-state index contributed by atoms with van der Waals surface area (Å²) in [6.45, 7) is 5.82. The monoisotopic (exact) mass is 239 g/mol. The van der Waals surface area contributed by atoms with Crippen molar-refractivity contribution in [1.82, 2.24) is 5.32 Å². The van der Waals surface area contributed by atoms with Crippen molar-refractivity contribution < 1.29 is 14.3 Å². The first-order valence-corrected chi connectivity index (χ1v) is 6.38. The first-order valence-electron chi connectivity index (χ1n) is 6.38. The van der Waals surface area contributed by atoms with E-state index in [1.54, 1.807) is 0 Å². The van der Waals surface area contributed by atoms with Crippen LogP contribution in [0.4, 0.5) is 0 Å². The van der Waals surface area contributed by atoms with Crippen molar-refractivity contribution in [1.29, 1.82) is 0 Å². The molecule has 4 nitrogen and oxygen atoms in total. The van der Waals surface area contributed by atoms with Gasteiger partial charge in [-0.1, -0.05) is 6.42 Å². The fourth-order valence-corrected chi connectivity index (χ4v) is 2.85. The number of carbonyl (C=O) groups excluding carboxylic acids is 2. The summed E-state index contributed by atoms with van der Waals surface area (Å²) in [7, 11) is 0. The summed E-state index contributed by atoms with van der Waals surface area (Å²) < 4.78 is 5.41. The number of ether oxygens (including phenoxy) is 1. The average Bonchev–Trinajstić information content (AvgIpc) is 2.52. The van der Waals surface area contributed by atoms with Gasteiger partial charge in [-0.15, -0.1) is 0 Å². The van der Waals surface area contributed by atoms with Crippen molar-refractivity contribution in [3.05, 3.63) is 0 Å². The van der Waals surface area contributed by atoms with Crippen LogP contribution < -0.4 is 5.32 Å². The third kappa shape index (κ3) is 2.31. The third-order valence-electron chi connectivity index (χ3n) is 3.59. The van der Waals surface area contributed by atoms with Crippen molar-refractivity contribution >= 4 is 11.9 Å². The lowest BCUT2D eigenvalue weighted by Gasteiger charge is -2.37. The molecule has 0 aromatic rings. The van der Waals surface area contributed by atoms with E-state index in [1.807, 2.05) is 20.8 Å². The minimum Gasteiger partial charge on any atom is -0.449 e. The zero-order valence-corrected chi connectivity index (χ0v) is 10.8. The molecule has 1 amide bonds. The van der Waals surface area contributed by atoms with Gasteiger partial charge in [0.1, 0.15) is 0 Å². The van der Waals surface area contributed by atoms with E-state index >= 15 is 0 Å². The second kappa shape index (κ2) is 4.00. The van der Waals surface area contributed by atoms with Crippen molar-refractivity contribution in [3.63, 3.8) is 0 Å². The minimum absolute atomic E-state index is 0.0751. The Bertz CT molecular complexity index is 345. The molecule has 0 unspecified atom stereocenters. The Labute approximate surface area is 102 Å². The zero-order valence-electron chi connectivity index (χ0n) is 10.8. The van der Waals surface area contributed by atoms with Crippen LogP contribution in [-0.4, -0.2) is 23.0 Å². The summed E-state index contributed by atoms with van der Waals surface area (Å²) in [5, 5.41) is 2.96. The number of esters is 1. The molecule has 1 saturated heterocycles. The highest BCUT2D eigenvalue weighted by atomic mass is 16.6. The molecule has 0 aromatic carbocycles. The predicted octanol–water partition coefficient (Wildman–Crippen LogP) is 1.78. The molecule has 4 heteroatoms. The highest BCUT2D eigenvalue weighted by molar-refractivity contribution is 5.91. The molecule has 1 heterocycles. The summed E-state index contributed by atoms with van der Waals surface area (Å²) in [4.78, 5) is 23.9. The molecule has 96 valence electrons. The van der Waals surface area contributed by atoms with Crippen molar-refractivity contribution in [2.75, 3.05) is 0 Å². The van der Waals surface area contributed by atoms with E-state index in [2.05, 4.69) is 5.32 Å². The summed E-state index contributed by atoms with van der Waals surface area (Å²) in [6.07, 6.45) is 4.04. The number of rotatable bonds is 1. The molecule has 0 aromatic heterocycles. The van der Waals surface area contributed by atoms with E-state index in [0.717, 1.165) is 19.3 Å². The Hall–Kier alpha value is -1.06. The molecule has 2 atom stereocenters. The maximum absolute atomic E-state index is 12.4. The molecule has 1 aliphatic heterocycles. The Morgan fingerprint density at radius 1 is 1.41 bits per heavy atom. The maximum atomic E-state index is 12.4. The van der Waals surface area contributed by atoms with E-state index in [0.29, 0.717) is 12.8 Å². The number of hydrogen-bond donors (Lipinski definition) is 1. The molecule has 2 aliphatic rings. The van der Waals surface area contributed by atoms with Crippen LogP contribution in [0.1, 0.15) is 52.9 Å². The van der Waals surface area contributed by atoms with Gasteiger partial charge < -0.3 is 10.1 Å². The lowest BCUT2D eigenvalue weighted by Crippen LogP contribution is -2.56. The van der Waals surface area contributed by atoms with E-state index < -0.39 is 5.60 Å². The number of hydrogen-bond acceptors (Lipinski definition) is 3. The smallest absolute Gasteiger partial charge is 0.307 e. The summed E-state index contributed by atoms with van der Waals surface area (Å²) in [5.41, 5.74) is -1.16. The highest BCUT2D eigenvalue weighted by Gasteiger charge is 2.55. The molecule has 1 N–H and O–H groups in total. The normalized spacial score (nSPS) is 32.9. The van der Waals surface area contributed by atoms with Crippen LogP contribution in [0.2, 0.25) is 0 Å². The van der Waals surface area contributed by atoms with Gasteiger partial charge in [0.25, 0.3) is 5.91 Å². The second-order valence-corrected chi connectivity index (χ2v) is 6.21. The Morgan fingerprint density at radius 2 is 2.12 bits per heavy atom. The molecule has 0 bridgehead atoms. The second-order valence-electron chi connectivity index (χ2n) is 6.21. The topological polar surface area (TPSA) is 55.4 Å². The Balaban J connectivity index is 2.20. The van der Waals surface area contributed by atoms with Gasteiger partial charge in [-0.05, 0) is 40.0 Å². The van der Waals surface area contributed by atoms with Crippen LogP contribution in [0.15, 0.2) is 0 Å². The average molecular weight is 239 g/mol. The van der Waals surface area contributed by atoms with Gasteiger partial charge in [-0.25, -0.2) is 0 Å². The Morgan fingerprint density at radius 3 is 2.76 bits per heavy atom. The van der Waals surface area contributed by atoms with E-state index in [9.17, 15) is 9.59 Å². The van der Waals surface area contributed by atoms with Crippen LogP contribution in [0.3, 0.4) is 0 Å². The lowest BCUT2D eigenvalue weighted by molar-refractivity contribution is -0.164. The van der Waals surface area contributed by atoms with Gasteiger partial charge in [-0.3, -0.25) is 9.59 Å². The van der Waals surface area contributed by atoms with E-state index in [1.165, 1.54) is 0 Å². The van der Waals surface area contributed by atoms with Crippen molar-refractivity contribution in [2.24, 2.45) is 5.92 Å². The molecule has 1 saturated carbocycles. The lowest BCUT2D eigenvalue weighted by atomic mass is 9.74. The molecular weight excluding hydrogens is 218 g/mol. The number of amides is 1. The van der Waals surface area contributed by atoms with Gasteiger partial charge in [0.05, 0.1) is 6.42 Å². The molecule has 1 aliphatic carbocycles. The molecule has 2 fully saturated rings. The SMILES string of the molecule is CC(C)(C)NC(=O)[C@]12CCCC[C@@H]1CC(=O)O2. The fraction of sp³-hybridized carbons (Fsp3) is 0.846. The standard InChI is InChI=1S/C13H21NO3/c1-12(2,3)14-11(16)13-7-5-4-6-9(13)8-10(15)17-13/h9H,4-8H2,1-3H3,(H,14,16)/t9-,13+/m1/s1. The van der Waals surface area contributed by atoms with Crippen LogP contribution in [0.25, 0.3) is 0 Å². The van der Waals surface area contributed by atoms with Gasteiger partial charge >= 0.3 is 5.97 Å². The van der Waals surface area contributed by atoms with Gasteiger partial charge in [0.15, 0.2) is 5.60 Å². The largest absolute Gasteiger partial charge is 0.449 e. The molecular formula is C13H21NO3. The van der Waals surface area contributed by atoms with Gasteiger partial charge in [0, 0.05) is 11.5 Å². The number of nitrogens with one attached hydrogen (secondary N) is 1.